The smallest absolute Gasteiger partial charge is 0.261 e. The molecule has 4 aromatic rings. The molecule has 0 aliphatic heterocycles. The van der Waals surface area contributed by atoms with Gasteiger partial charge >= 0.3 is 0 Å². The fourth-order valence-electron chi connectivity index (χ4n) is 3.90. The molecule has 4 rings (SSSR count). The number of H-pyrrole nitrogens is 1. The van der Waals surface area contributed by atoms with Crippen LogP contribution in [0.25, 0.3) is 22.3 Å². The molecule has 2 aromatic heterocycles. The lowest BCUT2D eigenvalue weighted by Gasteiger charge is -2.12. The Bertz CT molecular complexity index is 1570. The highest BCUT2D eigenvalue weighted by Gasteiger charge is 2.23. The van der Waals surface area contributed by atoms with E-state index in [1.54, 1.807) is 13.0 Å². The molecule has 12 heteroatoms. The Morgan fingerprint density at radius 1 is 1.14 bits per heavy atom. The number of nitrogens with one attached hydrogen (secondary N) is 3. The lowest BCUT2D eigenvalue weighted by molar-refractivity contribution is 0.101. The lowest BCUT2D eigenvalue weighted by Crippen LogP contribution is -2.20. The van der Waals surface area contributed by atoms with Gasteiger partial charge < -0.3 is 10.2 Å². The number of rotatable bonds is 9. The van der Waals surface area contributed by atoms with E-state index in [4.69, 9.17) is 0 Å². The van der Waals surface area contributed by atoms with Crippen LogP contribution in [0.5, 0.6) is 0 Å². The number of aromatic nitrogens is 3. The summed E-state index contributed by atoms with van der Waals surface area (Å²) in [5.74, 6) is -3.79. The summed E-state index contributed by atoms with van der Waals surface area (Å²) in [5.41, 5.74) is 1.77. The number of nitrogens with zero attached hydrogens (tertiary/aromatic N) is 3. The molecule has 0 fully saturated rings. The van der Waals surface area contributed by atoms with E-state index in [2.05, 4.69) is 25.2 Å². The van der Waals surface area contributed by atoms with Crippen molar-refractivity contribution in [2.45, 2.75) is 19.9 Å². The van der Waals surface area contributed by atoms with E-state index >= 15 is 4.39 Å². The number of benzene rings is 2. The number of carbonyl (C=O) groups is 1. The van der Waals surface area contributed by atoms with Crippen molar-refractivity contribution in [2.24, 2.45) is 0 Å². The molecule has 2 aromatic carbocycles. The van der Waals surface area contributed by atoms with Gasteiger partial charge in [0.15, 0.2) is 11.5 Å². The normalized spacial score (nSPS) is 11.7. The van der Waals surface area contributed by atoms with Crippen LogP contribution in [0.4, 0.5) is 20.2 Å². The number of halogens is 2. The van der Waals surface area contributed by atoms with E-state index < -0.39 is 38.8 Å². The molecule has 9 nitrogen and oxygen atoms in total. The first-order valence-electron chi connectivity index (χ1n) is 11.5. The molecule has 0 radical (unpaired) electrons. The van der Waals surface area contributed by atoms with Crippen LogP contribution >= 0.6 is 0 Å². The monoisotopic (exact) mass is 528 g/mol. The molecule has 0 saturated carbocycles. The highest BCUT2D eigenvalue weighted by molar-refractivity contribution is 7.92. The van der Waals surface area contributed by atoms with Crippen molar-refractivity contribution in [1.82, 2.24) is 20.1 Å². The summed E-state index contributed by atoms with van der Waals surface area (Å²) in [4.78, 5) is 19.1. The topological polar surface area (TPSA) is 120 Å². The Hall–Kier alpha value is -3.90. The molecule has 0 saturated heterocycles. The Kier molecular flexibility index (Phi) is 7.50. The average molecular weight is 529 g/mol. The standard InChI is InChI=1S/C25H26F2N6O3S/c1-4-10-37(35,36)32-20-9-8-19(26)21(22(20)27)25(34)29-17-12-18-23(30-31-24(18)28-13-17)16-7-5-6-15(11-16)14-33(2)3/h5-9,11-13,32H,4,10,14H2,1-3H3,(H,29,34)(H,28,30,31). The van der Waals surface area contributed by atoms with Crippen LogP contribution in [0, 0.1) is 11.6 Å². The number of anilines is 2. The maximum atomic E-state index is 15.0. The van der Waals surface area contributed by atoms with Gasteiger partial charge in [0.1, 0.15) is 11.4 Å². The number of pyridine rings is 1. The number of aromatic amines is 1. The number of sulfonamides is 1. The first-order valence-corrected chi connectivity index (χ1v) is 13.1. The Labute approximate surface area is 213 Å². The molecule has 1 amide bonds. The second-order valence-electron chi connectivity index (χ2n) is 8.79. The summed E-state index contributed by atoms with van der Waals surface area (Å²) in [6, 6.07) is 11.2. The Balaban J connectivity index is 1.64. The molecule has 3 N–H and O–H groups in total. The van der Waals surface area contributed by atoms with Gasteiger partial charge in [-0.05, 0) is 50.3 Å². The quantitative estimate of drug-likeness (QED) is 0.297. The van der Waals surface area contributed by atoms with Crippen molar-refractivity contribution < 1.29 is 22.0 Å². The van der Waals surface area contributed by atoms with Gasteiger partial charge in [0.25, 0.3) is 5.91 Å². The van der Waals surface area contributed by atoms with Crippen molar-refractivity contribution in [2.75, 3.05) is 29.9 Å². The van der Waals surface area contributed by atoms with E-state index in [1.165, 1.54) is 6.20 Å². The van der Waals surface area contributed by atoms with Gasteiger partial charge in [0.05, 0.1) is 29.0 Å². The third-order valence-corrected chi connectivity index (χ3v) is 6.92. The van der Waals surface area contributed by atoms with Crippen molar-refractivity contribution in [3.05, 3.63) is 71.4 Å². The lowest BCUT2D eigenvalue weighted by atomic mass is 10.1. The van der Waals surface area contributed by atoms with Gasteiger partial charge in [-0.3, -0.25) is 14.6 Å². The second kappa shape index (κ2) is 10.6. The highest BCUT2D eigenvalue weighted by atomic mass is 32.2. The second-order valence-corrected chi connectivity index (χ2v) is 10.6. The van der Waals surface area contributed by atoms with Crippen molar-refractivity contribution >= 4 is 38.3 Å². The zero-order chi connectivity index (χ0) is 26.7. The van der Waals surface area contributed by atoms with Crippen LogP contribution in [-0.4, -0.2) is 54.3 Å². The SMILES string of the molecule is CCCS(=O)(=O)Nc1ccc(F)c(C(=O)Nc2cnc3n[nH]c(-c4cccc(CN(C)C)c4)c3c2)c1F. The minimum absolute atomic E-state index is 0.181. The van der Waals surface area contributed by atoms with Gasteiger partial charge in [0, 0.05) is 17.5 Å². The van der Waals surface area contributed by atoms with Crippen LogP contribution in [-0.2, 0) is 16.6 Å². The minimum Gasteiger partial charge on any atom is -0.320 e. The van der Waals surface area contributed by atoms with Crippen LogP contribution in [0.15, 0.2) is 48.7 Å². The first-order chi connectivity index (χ1) is 17.6. The van der Waals surface area contributed by atoms with Crippen molar-refractivity contribution in [3.8, 4) is 11.3 Å². The predicted octanol–water partition coefficient (Wildman–Crippen LogP) is 4.37. The molecule has 0 bridgehead atoms. The summed E-state index contributed by atoms with van der Waals surface area (Å²) in [6.45, 7) is 2.39. The summed E-state index contributed by atoms with van der Waals surface area (Å²) >= 11 is 0. The van der Waals surface area contributed by atoms with E-state index in [0.717, 1.165) is 29.8 Å². The van der Waals surface area contributed by atoms with Crippen LogP contribution in [0.1, 0.15) is 29.3 Å². The zero-order valence-electron chi connectivity index (χ0n) is 20.5. The number of hydrogen-bond acceptors (Lipinski definition) is 6. The number of fused-ring (bicyclic) bond motifs is 1. The maximum Gasteiger partial charge on any atom is 0.261 e. The molecule has 0 spiro atoms. The van der Waals surface area contributed by atoms with Crippen molar-refractivity contribution in [3.63, 3.8) is 0 Å². The molecule has 2 heterocycles. The molecule has 0 unspecified atom stereocenters. The van der Waals surface area contributed by atoms with E-state index in [0.29, 0.717) is 23.1 Å². The maximum absolute atomic E-state index is 15.0. The zero-order valence-corrected chi connectivity index (χ0v) is 21.3. The number of amides is 1. The molecule has 37 heavy (non-hydrogen) atoms. The Morgan fingerprint density at radius 3 is 2.65 bits per heavy atom. The van der Waals surface area contributed by atoms with E-state index in [-0.39, 0.29) is 11.4 Å². The average Bonchev–Trinajstić information content (AvgIpc) is 3.24. The summed E-state index contributed by atoms with van der Waals surface area (Å²) < 4.78 is 55.6. The first kappa shape index (κ1) is 26.2. The van der Waals surface area contributed by atoms with Crippen LogP contribution < -0.4 is 10.0 Å². The van der Waals surface area contributed by atoms with E-state index in [9.17, 15) is 17.6 Å². The fourth-order valence-corrected chi connectivity index (χ4v) is 5.03. The van der Waals surface area contributed by atoms with Crippen LogP contribution in [0.3, 0.4) is 0 Å². The minimum atomic E-state index is -3.85. The number of hydrogen-bond donors (Lipinski definition) is 3. The molecular weight excluding hydrogens is 502 g/mol. The summed E-state index contributed by atoms with van der Waals surface area (Å²) in [6.07, 6.45) is 1.62. The van der Waals surface area contributed by atoms with Gasteiger partial charge in [-0.1, -0.05) is 25.1 Å². The largest absolute Gasteiger partial charge is 0.320 e. The Morgan fingerprint density at radius 2 is 1.92 bits per heavy atom. The summed E-state index contributed by atoms with van der Waals surface area (Å²) in [5, 5.41) is 10.2. The summed E-state index contributed by atoms with van der Waals surface area (Å²) in [7, 11) is 0.0942. The molecule has 0 atom stereocenters. The highest BCUT2D eigenvalue weighted by Crippen LogP contribution is 2.29. The predicted molar refractivity (Wildman–Crippen MR) is 139 cm³/mol. The molecule has 194 valence electrons. The third kappa shape index (κ3) is 5.92. The van der Waals surface area contributed by atoms with E-state index in [1.807, 2.05) is 43.3 Å². The number of carbonyl (C=O) groups excluding carboxylic acids is 1. The molecular formula is C25H26F2N6O3S. The van der Waals surface area contributed by atoms with Crippen molar-refractivity contribution in [1.29, 1.82) is 0 Å². The third-order valence-electron chi connectivity index (χ3n) is 5.44. The van der Waals surface area contributed by atoms with Crippen LogP contribution in [0.2, 0.25) is 0 Å². The fraction of sp³-hybridized carbons (Fsp3) is 0.240. The molecule has 0 aliphatic carbocycles. The van der Waals surface area contributed by atoms with Gasteiger partial charge in [-0.2, -0.15) is 5.10 Å². The van der Waals surface area contributed by atoms with Gasteiger partial charge in [0.2, 0.25) is 10.0 Å². The van der Waals surface area contributed by atoms with Gasteiger partial charge in [-0.25, -0.2) is 22.2 Å². The van der Waals surface area contributed by atoms with Gasteiger partial charge in [-0.15, -0.1) is 0 Å². The molecule has 0 aliphatic rings.